The molecule has 1 fully saturated rings. The summed E-state index contributed by atoms with van der Waals surface area (Å²) < 4.78 is 0. The molecule has 2 nitrogen and oxygen atoms in total. The molecule has 1 heterocycles. The Morgan fingerprint density at radius 3 is 2.55 bits per heavy atom. The lowest BCUT2D eigenvalue weighted by molar-refractivity contribution is 0.0881. The molecule has 4 atom stereocenters. The first-order valence-corrected chi connectivity index (χ1v) is 8.01. The predicted molar refractivity (Wildman–Crippen MR) is 87.0 cm³/mol. The number of rotatable bonds is 3. The quantitative estimate of drug-likeness (QED) is 0.616. The van der Waals surface area contributed by atoms with Crippen LogP contribution in [0.15, 0.2) is 60.8 Å². The average Bonchev–Trinajstić information content (AvgIpc) is 3.17. The van der Waals surface area contributed by atoms with Crippen molar-refractivity contribution in [2.75, 3.05) is 0 Å². The van der Waals surface area contributed by atoms with E-state index in [0.717, 1.165) is 11.4 Å². The van der Waals surface area contributed by atoms with Crippen LogP contribution >= 0.6 is 11.6 Å². The van der Waals surface area contributed by atoms with E-state index in [-0.39, 0.29) is 17.6 Å². The van der Waals surface area contributed by atoms with Crippen molar-refractivity contribution in [3.63, 3.8) is 0 Å². The van der Waals surface area contributed by atoms with Crippen LogP contribution in [0.4, 0.5) is 0 Å². The van der Waals surface area contributed by atoms with E-state index in [1.807, 2.05) is 30.3 Å². The van der Waals surface area contributed by atoms with E-state index in [1.165, 1.54) is 5.56 Å². The second-order valence-corrected chi connectivity index (χ2v) is 6.57. The third-order valence-corrected chi connectivity index (χ3v) is 5.19. The number of fused-ring (bicyclic) bond motifs is 2. The highest BCUT2D eigenvalue weighted by Crippen LogP contribution is 2.53. The lowest BCUT2D eigenvalue weighted by Crippen LogP contribution is -2.27. The van der Waals surface area contributed by atoms with Gasteiger partial charge in [0.25, 0.3) is 0 Å². The molecule has 1 saturated carbocycles. The number of Topliss-reactive ketones (excluding diaryl/α,β-unsaturated/α-hetero) is 1. The predicted octanol–water partition coefficient (Wildman–Crippen LogP) is 4.52. The number of halogens is 1. The van der Waals surface area contributed by atoms with Gasteiger partial charge in [-0.3, -0.25) is 9.78 Å². The van der Waals surface area contributed by atoms with Crippen molar-refractivity contribution < 1.29 is 4.79 Å². The Morgan fingerprint density at radius 1 is 1.05 bits per heavy atom. The van der Waals surface area contributed by atoms with E-state index in [0.29, 0.717) is 17.5 Å². The number of ketones is 1. The molecule has 4 rings (SSSR count). The molecule has 0 saturated heterocycles. The van der Waals surface area contributed by atoms with Gasteiger partial charge in [0.15, 0.2) is 5.78 Å². The van der Waals surface area contributed by atoms with Crippen LogP contribution in [-0.4, -0.2) is 10.8 Å². The van der Waals surface area contributed by atoms with Crippen molar-refractivity contribution in [1.82, 2.24) is 4.98 Å². The molecule has 110 valence electrons. The molecule has 2 unspecified atom stereocenters. The van der Waals surface area contributed by atoms with Gasteiger partial charge in [-0.05, 0) is 48.1 Å². The molecule has 0 amide bonds. The van der Waals surface area contributed by atoms with Gasteiger partial charge >= 0.3 is 0 Å². The molecule has 0 aliphatic heterocycles. The van der Waals surface area contributed by atoms with Gasteiger partial charge in [-0.1, -0.05) is 42.0 Å². The maximum atomic E-state index is 13.0. The van der Waals surface area contributed by atoms with Crippen molar-refractivity contribution in [3.8, 4) is 0 Å². The zero-order valence-electron chi connectivity index (χ0n) is 12.0. The Bertz CT molecular complexity index is 723. The van der Waals surface area contributed by atoms with Crippen LogP contribution in [0.1, 0.15) is 28.4 Å². The Hall–Kier alpha value is -1.93. The first-order valence-electron chi connectivity index (χ1n) is 7.63. The summed E-state index contributed by atoms with van der Waals surface area (Å²) in [5.41, 5.74) is 1.78. The SMILES string of the molecule is O=C(c1ccccn1)C1C(c2ccc(Cl)cc2)[C@H]2C=C[C@@H]1C2. The average molecular weight is 310 g/mol. The van der Waals surface area contributed by atoms with Crippen molar-refractivity contribution in [3.05, 3.63) is 77.1 Å². The van der Waals surface area contributed by atoms with Gasteiger partial charge in [0, 0.05) is 23.1 Å². The van der Waals surface area contributed by atoms with Gasteiger partial charge in [0.2, 0.25) is 0 Å². The van der Waals surface area contributed by atoms with Crippen LogP contribution in [0.25, 0.3) is 0 Å². The molecule has 1 aromatic carbocycles. The van der Waals surface area contributed by atoms with Crippen LogP contribution in [0.2, 0.25) is 5.02 Å². The molecular weight excluding hydrogens is 294 g/mol. The maximum Gasteiger partial charge on any atom is 0.185 e. The van der Waals surface area contributed by atoms with Gasteiger partial charge in [0.05, 0.1) is 0 Å². The lowest BCUT2D eigenvalue weighted by atomic mass is 9.75. The summed E-state index contributed by atoms with van der Waals surface area (Å²) in [4.78, 5) is 17.2. The maximum absolute atomic E-state index is 13.0. The van der Waals surface area contributed by atoms with Crippen molar-refractivity contribution in [1.29, 1.82) is 0 Å². The van der Waals surface area contributed by atoms with Gasteiger partial charge in [-0.15, -0.1) is 0 Å². The number of carbonyl (C=O) groups excluding carboxylic acids is 1. The Balaban J connectivity index is 1.72. The zero-order valence-corrected chi connectivity index (χ0v) is 12.8. The Morgan fingerprint density at radius 2 is 1.82 bits per heavy atom. The second-order valence-electron chi connectivity index (χ2n) is 6.13. The molecule has 2 aliphatic rings. The van der Waals surface area contributed by atoms with Crippen LogP contribution in [-0.2, 0) is 0 Å². The summed E-state index contributed by atoms with van der Waals surface area (Å²) >= 11 is 6.00. The molecule has 0 radical (unpaired) electrons. The highest BCUT2D eigenvalue weighted by molar-refractivity contribution is 6.30. The first kappa shape index (κ1) is 13.7. The monoisotopic (exact) mass is 309 g/mol. The molecule has 22 heavy (non-hydrogen) atoms. The number of nitrogens with zero attached hydrogens (tertiary/aromatic N) is 1. The highest BCUT2D eigenvalue weighted by atomic mass is 35.5. The summed E-state index contributed by atoms with van der Waals surface area (Å²) in [6, 6.07) is 13.5. The molecule has 0 spiro atoms. The highest BCUT2D eigenvalue weighted by Gasteiger charge is 2.48. The molecular formula is C19H16ClNO. The smallest absolute Gasteiger partial charge is 0.185 e. The summed E-state index contributed by atoms with van der Waals surface area (Å²) in [7, 11) is 0. The number of benzene rings is 1. The summed E-state index contributed by atoms with van der Waals surface area (Å²) in [6.45, 7) is 0. The summed E-state index contributed by atoms with van der Waals surface area (Å²) in [6.07, 6.45) is 7.23. The number of carbonyl (C=O) groups is 1. The molecule has 0 N–H and O–H groups in total. The van der Waals surface area contributed by atoms with Gasteiger partial charge in [-0.2, -0.15) is 0 Å². The van der Waals surface area contributed by atoms with Crippen molar-refractivity contribution >= 4 is 17.4 Å². The fourth-order valence-corrected chi connectivity index (χ4v) is 4.12. The van der Waals surface area contributed by atoms with Crippen LogP contribution in [0.5, 0.6) is 0 Å². The van der Waals surface area contributed by atoms with E-state index >= 15 is 0 Å². The summed E-state index contributed by atoms with van der Waals surface area (Å²) in [5, 5.41) is 0.732. The number of hydrogen-bond acceptors (Lipinski definition) is 2. The van der Waals surface area contributed by atoms with Crippen LogP contribution in [0, 0.1) is 17.8 Å². The van der Waals surface area contributed by atoms with E-state index in [4.69, 9.17) is 11.6 Å². The van der Waals surface area contributed by atoms with Crippen molar-refractivity contribution in [2.45, 2.75) is 12.3 Å². The van der Waals surface area contributed by atoms with E-state index in [9.17, 15) is 4.79 Å². The van der Waals surface area contributed by atoms with E-state index < -0.39 is 0 Å². The number of aromatic nitrogens is 1. The van der Waals surface area contributed by atoms with Crippen molar-refractivity contribution in [2.24, 2.45) is 17.8 Å². The zero-order chi connectivity index (χ0) is 15.1. The number of hydrogen-bond donors (Lipinski definition) is 0. The third-order valence-electron chi connectivity index (χ3n) is 4.93. The topological polar surface area (TPSA) is 30.0 Å². The molecule has 2 aromatic rings. The van der Waals surface area contributed by atoms with Gasteiger partial charge in [-0.25, -0.2) is 0 Å². The number of pyridine rings is 1. The molecule has 1 aromatic heterocycles. The van der Waals surface area contributed by atoms with Crippen LogP contribution < -0.4 is 0 Å². The standard InChI is InChI=1S/C19H16ClNO/c20-15-8-6-12(7-9-15)17-13-4-5-14(11-13)18(17)19(22)16-3-1-2-10-21-16/h1-10,13-14,17-18H,11H2/t13-,14+,17?,18?/m0/s1. The Labute approximate surface area is 134 Å². The fourth-order valence-electron chi connectivity index (χ4n) is 4.00. The normalized spacial score (nSPS) is 29.0. The van der Waals surface area contributed by atoms with Gasteiger partial charge < -0.3 is 0 Å². The molecule has 2 bridgehead atoms. The lowest BCUT2D eigenvalue weighted by Gasteiger charge is -2.27. The van der Waals surface area contributed by atoms with E-state index in [1.54, 1.807) is 6.20 Å². The minimum absolute atomic E-state index is 0.00826. The number of allylic oxidation sites excluding steroid dienone is 2. The third kappa shape index (κ3) is 2.19. The largest absolute Gasteiger partial charge is 0.292 e. The van der Waals surface area contributed by atoms with E-state index in [2.05, 4.69) is 29.3 Å². The first-order chi connectivity index (χ1) is 10.7. The minimum atomic E-state index is -0.00826. The fraction of sp³-hybridized carbons (Fsp3) is 0.263. The van der Waals surface area contributed by atoms with Crippen LogP contribution in [0.3, 0.4) is 0 Å². The molecule has 2 aliphatic carbocycles. The Kier molecular flexibility index (Phi) is 3.34. The minimum Gasteiger partial charge on any atom is -0.292 e. The second kappa shape index (κ2) is 5.36. The molecule has 3 heteroatoms. The summed E-state index contributed by atoms with van der Waals surface area (Å²) in [5.74, 6) is 1.18. The van der Waals surface area contributed by atoms with Gasteiger partial charge in [0.1, 0.15) is 5.69 Å².